The van der Waals surface area contributed by atoms with Gasteiger partial charge in [0, 0.05) is 16.6 Å². The van der Waals surface area contributed by atoms with E-state index in [4.69, 9.17) is 23.2 Å². The Morgan fingerprint density at radius 1 is 1.14 bits per heavy atom. The molecule has 4 amide bonds. The highest BCUT2D eigenvalue weighted by molar-refractivity contribution is 6.35. The lowest BCUT2D eigenvalue weighted by atomic mass is 9.92. The van der Waals surface area contributed by atoms with Crippen LogP contribution in [0.15, 0.2) is 48.5 Å². The Bertz CT molecular complexity index is 920. The van der Waals surface area contributed by atoms with Gasteiger partial charge >= 0.3 is 6.03 Å². The second-order valence-electron chi connectivity index (χ2n) is 6.65. The molecule has 1 heterocycles. The van der Waals surface area contributed by atoms with Crippen molar-refractivity contribution in [3.63, 3.8) is 0 Å². The van der Waals surface area contributed by atoms with Gasteiger partial charge in [0.25, 0.3) is 5.91 Å². The van der Waals surface area contributed by atoms with Gasteiger partial charge in [0.05, 0.1) is 0 Å². The molecule has 1 saturated heterocycles. The largest absolute Gasteiger partial charge is 0.354 e. The van der Waals surface area contributed by atoms with Crippen molar-refractivity contribution in [2.75, 3.05) is 13.1 Å². The number of nitrogens with zero attached hydrogens (tertiary/aromatic N) is 1. The zero-order valence-corrected chi connectivity index (χ0v) is 16.7. The monoisotopic (exact) mass is 419 g/mol. The predicted molar refractivity (Wildman–Crippen MR) is 107 cm³/mol. The van der Waals surface area contributed by atoms with Crippen molar-refractivity contribution in [2.24, 2.45) is 0 Å². The summed E-state index contributed by atoms with van der Waals surface area (Å²) in [6, 6.07) is 13.5. The van der Waals surface area contributed by atoms with Gasteiger partial charge < -0.3 is 10.6 Å². The van der Waals surface area contributed by atoms with E-state index in [1.54, 1.807) is 49.4 Å². The van der Waals surface area contributed by atoms with Crippen LogP contribution >= 0.6 is 23.2 Å². The average Bonchev–Trinajstić information content (AvgIpc) is 2.88. The predicted octanol–water partition coefficient (Wildman–Crippen LogP) is 3.12. The number of amides is 4. The fourth-order valence-corrected chi connectivity index (χ4v) is 3.57. The number of imide groups is 1. The summed E-state index contributed by atoms with van der Waals surface area (Å²) in [4.78, 5) is 38.2. The first kappa shape index (κ1) is 20.2. The lowest BCUT2D eigenvalue weighted by molar-refractivity contribution is -0.134. The zero-order valence-electron chi connectivity index (χ0n) is 15.2. The number of carbonyl (C=O) groups is 3. The topological polar surface area (TPSA) is 78.5 Å². The quantitative estimate of drug-likeness (QED) is 0.705. The van der Waals surface area contributed by atoms with Gasteiger partial charge in [-0.2, -0.15) is 0 Å². The minimum absolute atomic E-state index is 0.319. The molecular weight excluding hydrogens is 401 g/mol. The fourth-order valence-electron chi connectivity index (χ4n) is 3.07. The van der Waals surface area contributed by atoms with Crippen LogP contribution < -0.4 is 10.6 Å². The highest BCUT2D eigenvalue weighted by Gasteiger charge is 2.49. The van der Waals surface area contributed by atoms with Crippen molar-refractivity contribution in [3.8, 4) is 0 Å². The first-order chi connectivity index (χ1) is 13.3. The number of halogens is 2. The maximum atomic E-state index is 12.8. The molecule has 1 aliphatic rings. The van der Waals surface area contributed by atoms with Gasteiger partial charge in [-0.15, -0.1) is 0 Å². The molecule has 6 nitrogen and oxygen atoms in total. The van der Waals surface area contributed by atoms with Crippen molar-refractivity contribution >= 4 is 41.0 Å². The Morgan fingerprint density at radius 2 is 1.86 bits per heavy atom. The molecule has 2 aromatic rings. The molecule has 146 valence electrons. The van der Waals surface area contributed by atoms with E-state index in [-0.39, 0.29) is 6.54 Å². The number of urea groups is 1. The summed E-state index contributed by atoms with van der Waals surface area (Å²) >= 11 is 12.0. The van der Waals surface area contributed by atoms with Crippen LogP contribution in [0.5, 0.6) is 0 Å². The summed E-state index contributed by atoms with van der Waals surface area (Å²) in [6.07, 6.45) is 0.504. The van der Waals surface area contributed by atoms with Gasteiger partial charge in [-0.1, -0.05) is 59.6 Å². The summed E-state index contributed by atoms with van der Waals surface area (Å²) in [6.45, 7) is 1.60. The van der Waals surface area contributed by atoms with Crippen LogP contribution in [-0.4, -0.2) is 35.8 Å². The third kappa shape index (κ3) is 4.13. The number of hydrogen-bond acceptors (Lipinski definition) is 3. The molecule has 2 N–H and O–H groups in total. The van der Waals surface area contributed by atoms with Gasteiger partial charge in [-0.05, 0) is 36.6 Å². The zero-order chi connectivity index (χ0) is 20.3. The van der Waals surface area contributed by atoms with Gasteiger partial charge in [-0.3, -0.25) is 14.5 Å². The van der Waals surface area contributed by atoms with Crippen molar-refractivity contribution in [3.05, 3.63) is 69.7 Å². The van der Waals surface area contributed by atoms with Crippen molar-refractivity contribution in [1.82, 2.24) is 15.5 Å². The first-order valence-electron chi connectivity index (χ1n) is 8.71. The highest BCUT2D eigenvalue weighted by Crippen LogP contribution is 2.28. The maximum Gasteiger partial charge on any atom is 0.325 e. The van der Waals surface area contributed by atoms with E-state index < -0.39 is 23.4 Å². The molecule has 2 aromatic carbocycles. The molecule has 8 heteroatoms. The first-order valence-corrected chi connectivity index (χ1v) is 9.47. The number of nitrogens with one attached hydrogen (secondary N) is 2. The Labute approximate surface area is 172 Å². The maximum absolute atomic E-state index is 12.8. The third-order valence-electron chi connectivity index (χ3n) is 4.66. The third-order valence-corrected chi connectivity index (χ3v) is 5.25. The summed E-state index contributed by atoms with van der Waals surface area (Å²) < 4.78 is 0. The molecule has 28 heavy (non-hydrogen) atoms. The van der Waals surface area contributed by atoms with E-state index in [2.05, 4.69) is 10.6 Å². The minimum Gasteiger partial charge on any atom is -0.354 e. The van der Waals surface area contributed by atoms with Crippen LogP contribution in [0.25, 0.3) is 0 Å². The van der Waals surface area contributed by atoms with E-state index in [1.165, 1.54) is 0 Å². The summed E-state index contributed by atoms with van der Waals surface area (Å²) in [5.74, 6) is -0.884. The molecule has 0 aliphatic carbocycles. The van der Waals surface area contributed by atoms with E-state index in [1.807, 2.05) is 6.07 Å². The van der Waals surface area contributed by atoms with Crippen LogP contribution in [0, 0.1) is 0 Å². The number of benzene rings is 2. The molecule has 0 bridgehead atoms. The highest BCUT2D eigenvalue weighted by atomic mass is 35.5. The Hall–Kier alpha value is -2.57. The molecule has 0 spiro atoms. The van der Waals surface area contributed by atoms with Crippen LogP contribution in [0.3, 0.4) is 0 Å². The molecular formula is C20H19Cl2N3O3. The van der Waals surface area contributed by atoms with Crippen LogP contribution in [-0.2, 0) is 21.5 Å². The Morgan fingerprint density at radius 3 is 2.54 bits per heavy atom. The number of carbonyl (C=O) groups excluding carboxylic acids is 3. The molecule has 3 rings (SSSR count). The van der Waals surface area contributed by atoms with Crippen molar-refractivity contribution < 1.29 is 14.4 Å². The van der Waals surface area contributed by atoms with E-state index in [0.717, 1.165) is 10.5 Å². The average molecular weight is 420 g/mol. The number of rotatable bonds is 6. The SMILES string of the molecule is CC1(c2ccccc2)NC(=O)N(CC(=O)NCCc2ccc(Cl)cc2Cl)C1=O. The van der Waals surface area contributed by atoms with Gasteiger partial charge in [0.1, 0.15) is 12.1 Å². The molecule has 1 fully saturated rings. The standard InChI is InChI=1S/C20H19Cl2N3O3/c1-20(14-5-3-2-4-6-14)18(27)25(19(28)24-20)12-17(26)23-10-9-13-7-8-15(21)11-16(13)22/h2-8,11H,9-10,12H2,1H3,(H,23,26)(H,24,28). The van der Waals surface area contributed by atoms with Crippen molar-refractivity contribution in [1.29, 1.82) is 0 Å². The minimum atomic E-state index is -1.19. The number of hydrogen-bond donors (Lipinski definition) is 2. The lowest BCUT2D eigenvalue weighted by Gasteiger charge is -2.22. The van der Waals surface area contributed by atoms with Crippen LogP contribution in [0.4, 0.5) is 4.79 Å². The van der Waals surface area contributed by atoms with Gasteiger partial charge in [0.15, 0.2) is 0 Å². The second kappa shape index (κ2) is 8.20. The summed E-state index contributed by atoms with van der Waals surface area (Å²) in [5, 5.41) is 6.44. The van der Waals surface area contributed by atoms with E-state index in [9.17, 15) is 14.4 Å². The molecule has 1 aliphatic heterocycles. The van der Waals surface area contributed by atoms with Crippen molar-refractivity contribution in [2.45, 2.75) is 18.9 Å². The molecule has 0 aromatic heterocycles. The summed E-state index contributed by atoms with van der Waals surface area (Å²) in [5.41, 5.74) is 0.321. The molecule has 0 saturated carbocycles. The second-order valence-corrected chi connectivity index (χ2v) is 7.49. The van der Waals surface area contributed by atoms with E-state index in [0.29, 0.717) is 28.6 Å². The summed E-state index contributed by atoms with van der Waals surface area (Å²) in [7, 11) is 0. The van der Waals surface area contributed by atoms with E-state index >= 15 is 0 Å². The van der Waals surface area contributed by atoms with Crippen LogP contribution in [0.2, 0.25) is 10.0 Å². The molecule has 1 atom stereocenters. The Kier molecular flexibility index (Phi) is 5.91. The smallest absolute Gasteiger partial charge is 0.325 e. The van der Waals surface area contributed by atoms with Gasteiger partial charge in [-0.25, -0.2) is 4.79 Å². The molecule has 0 radical (unpaired) electrons. The Balaban J connectivity index is 1.58. The molecule has 1 unspecified atom stereocenters. The normalized spacial score (nSPS) is 18.9. The lowest BCUT2D eigenvalue weighted by Crippen LogP contribution is -2.43. The fraction of sp³-hybridized carbons (Fsp3) is 0.250. The van der Waals surface area contributed by atoms with Crippen LogP contribution in [0.1, 0.15) is 18.1 Å². The van der Waals surface area contributed by atoms with Gasteiger partial charge in [0.2, 0.25) is 5.91 Å².